The van der Waals surface area contributed by atoms with E-state index in [-0.39, 0.29) is 11.5 Å². The lowest BCUT2D eigenvalue weighted by Gasteiger charge is -2.09. The van der Waals surface area contributed by atoms with Gasteiger partial charge in [-0.1, -0.05) is 6.92 Å². The van der Waals surface area contributed by atoms with Crippen LogP contribution in [0.25, 0.3) is 0 Å². The number of hydrogen-bond donors (Lipinski definition) is 2. The van der Waals surface area contributed by atoms with Crippen molar-refractivity contribution in [2.45, 2.75) is 12.2 Å². The summed E-state index contributed by atoms with van der Waals surface area (Å²) in [6.45, 7) is 2.66. The third-order valence-electron chi connectivity index (χ3n) is 2.00. The maximum absolute atomic E-state index is 11.5. The van der Waals surface area contributed by atoms with Gasteiger partial charge in [-0.2, -0.15) is 11.8 Å². The molecule has 82 valence electrons. The molecule has 0 aromatic carbocycles. The van der Waals surface area contributed by atoms with Crippen LogP contribution in [0, 0.1) is 0 Å². The largest absolute Gasteiger partial charge is 0.351 e. The predicted octanol–water partition coefficient (Wildman–Crippen LogP) is 0.856. The van der Waals surface area contributed by atoms with E-state index in [4.69, 9.17) is 0 Å². The molecular weight excluding hydrogens is 212 g/mol. The van der Waals surface area contributed by atoms with Gasteiger partial charge in [0.2, 0.25) is 5.56 Å². The zero-order chi connectivity index (χ0) is 11.3. The molecule has 1 atom stereocenters. The molecule has 4 nitrogen and oxygen atoms in total. The first-order valence-corrected chi connectivity index (χ1v) is 5.92. The summed E-state index contributed by atoms with van der Waals surface area (Å²) in [5.41, 5.74) is 0.270. The second-order valence-corrected chi connectivity index (χ2v) is 4.47. The molecule has 0 saturated heterocycles. The lowest BCUT2D eigenvalue weighted by Crippen LogP contribution is -2.29. The van der Waals surface area contributed by atoms with E-state index in [0.29, 0.717) is 17.4 Å². The molecule has 1 heterocycles. The molecular formula is C10H14N2O2S. The van der Waals surface area contributed by atoms with Gasteiger partial charge >= 0.3 is 0 Å². The molecule has 0 bridgehead atoms. The van der Waals surface area contributed by atoms with Gasteiger partial charge in [0.25, 0.3) is 5.91 Å². The van der Waals surface area contributed by atoms with Crippen LogP contribution in [0.1, 0.15) is 17.3 Å². The van der Waals surface area contributed by atoms with Crippen molar-refractivity contribution in [2.24, 2.45) is 0 Å². The van der Waals surface area contributed by atoms with Crippen LogP contribution in [0.2, 0.25) is 0 Å². The number of thioether (sulfide) groups is 1. The van der Waals surface area contributed by atoms with Crippen LogP contribution in [0.5, 0.6) is 0 Å². The summed E-state index contributed by atoms with van der Waals surface area (Å²) in [5.74, 6) is -0.160. The Hall–Kier alpha value is -1.23. The molecule has 0 fully saturated rings. The highest BCUT2D eigenvalue weighted by Gasteiger charge is 2.06. The third-order valence-corrected chi connectivity index (χ3v) is 2.97. The molecule has 0 spiro atoms. The Morgan fingerprint density at radius 1 is 1.60 bits per heavy atom. The van der Waals surface area contributed by atoms with Crippen LogP contribution in [0.4, 0.5) is 0 Å². The smallest absolute Gasteiger partial charge is 0.252 e. The quantitative estimate of drug-likeness (QED) is 0.800. The predicted molar refractivity (Wildman–Crippen MR) is 62.4 cm³/mol. The van der Waals surface area contributed by atoms with E-state index in [1.165, 1.54) is 18.3 Å². The molecule has 0 radical (unpaired) electrons. The van der Waals surface area contributed by atoms with E-state index in [1.54, 1.807) is 11.8 Å². The zero-order valence-electron chi connectivity index (χ0n) is 8.74. The fraction of sp³-hybridized carbons (Fsp3) is 0.400. The molecule has 0 aliphatic carbocycles. The minimum Gasteiger partial charge on any atom is -0.351 e. The topological polar surface area (TPSA) is 62.0 Å². The zero-order valence-corrected chi connectivity index (χ0v) is 9.56. The van der Waals surface area contributed by atoms with Gasteiger partial charge in [-0.25, -0.2) is 0 Å². The number of rotatable bonds is 4. The molecule has 5 heteroatoms. The van der Waals surface area contributed by atoms with Gasteiger partial charge in [0, 0.05) is 24.1 Å². The van der Waals surface area contributed by atoms with Crippen LogP contribution in [0.15, 0.2) is 23.1 Å². The van der Waals surface area contributed by atoms with E-state index in [2.05, 4.69) is 10.3 Å². The molecule has 1 unspecified atom stereocenters. The third kappa shape index (κ3) is 3.79. The van der Waals surface area contributed by atoms with Gasteiger partial charge < -0.3 is 10.3 Å². The van der Waals surface area contributed by atoms with Crippen molar-refractivity contribution in [3.05, 3.63) is 34.2 Å². The standard InChI is InChI=1S/C10H14N2O2S/c1-7(15-2)5-12-10(14)8-3-4-9(13)11-6-8/h3-4,6-7H,5H2,1-2H3,(H,11,13)(H,12,14). The van der Waals surface area contributed by atoms with Crippen LogP contribution in [-0.2, 0) is 0 Å². The molecule has 2 N–H and O–H groups in total. The van der Waals surface area contributed by atoms with Crippen LogP contribution >= 0.6 is 11.8 Å². The minimum atomic E-state index is -0.205. The first-order valence-electron chi connectivity index (χ1n) is 4.63. The van der Waals surface area contributed by atoms with E-state index in [1.807, 2.05) is 13.2 Å². The van der Waals surface area contributed by atoms with Crippen molar-refractivity contribution in [1.29, 1.82) is 0 Å². The van der Waals surface area contributed by atoms with Crippen molar-refractivity contribution in [1.82, 2.24) is 10.3 Å². The van der Waals surface area contributed by atoms with Crippen molar-refractivity contribution in [2.75, 3.05) is 12.8 Å². The molecule has 0 aliphatic rings. The number of amides is 1. The van der Waals surface area contributed by atoms with E-state index < -0.39 is 0 Å². The first kappa shape index (κ1) is 11.8. The summed E-state index contributed by atoms with van der Waals surface area (Å²) < 4.78 is 0. The lowest BCUT2D eigenvalue weighted by molar-refractivity contribution is 0.0954. The van der Waals surface area contributed by atoms with Crippen molar-refractivity contribution in [3.63, 3.8) is 0 Å². The Balaban J connectivity index is 2.54. The van der Waals surface area contributed by atoms with Crippen molar-refractivity contribution in [3.8, 4) is 0 Å². The first-order chi connectivity index (χ1) is 7.13. The fourth-order valence-electron chi connectivity index (χ4n) is 0.974. The Morgan fingerprint density at radius 2 is 2.33 bits per heavy atom. The summed E-state index contributed by atoms with van der Waals surface area (Å²) >= 11 is 1.69. The number of hydrogen-bond acceptors (Lipinski definition) is 3. The maximum atomic E-state index is 11.5. The Kier molecular flexibility index (Phi) is 4.42. The van der Waals surface area contributed by atoms with Gasteiger partial charge in [-0.05, 0) is 12.3 Å². The summed E-state index contributed by atoms with van der Waals surface area (Å²) in [4.78, 5) is 24.8. The highest BCUT2D eigenvalue weighted by Crippen LogP contribution is 2.03. The fourth-order valence-corrected chi connectivity index (χ4v) is 1.22. The number of aromatic nitrogens is 1. The highest BCUT2D eigenvalue weighted by molar-refractivity contribution is 7.99. The van der Waals surface area contributed by atoms with Gasteiger partial charge in [0.05, 0.1) is 5.56 Å². The molecule has 15 heavy (non-hydrogen) atoms. The Bertz CT molecular complexity index is 369. The number of pyridine rings is 1. The second kappa shape index (κ2) is 5.60. The summed E-state index contributed by atoms with van der Waals surface area (Å²) in [6, 6.07) is 2.85. The summed E-state index contributed by atoms with van der Waals surface area (Å²) in [6.07, 6.45) is 3.41. The SMILES string of the molecule is CSC(C)CNC(=O)c1ccc(=O)[nH]c1. The van der Waals surface area contributed by atoms with E-state index in [0.717, 1.165) is 0 Å². The molecule has 0 saturated carbocycles. The second-order valence-electron chi connectivity index (χ2n) is 3.20. The number of nitrogens with one attached hydrogen (secondary N) is 2. The van der Waals surface area contributed by atoms with E-state index >= 15 is 0 Å². The molecule has 1 amide bonds. The van der Waals surface area contributed by atoms with Crippen LogP contribution < -0.4 is 10.9 Å². The van der Waals surface area contributed by atoms with Crippen LogP contribution in [0.3, 0.4) is 0 Å². The summed E-state index contributed by atoms with van der Waals surface area (Å²) in [5, 5.41) is 3.17. The Morgan fingerprint density at radius 3 is 2.87 bits per heavy atom. The van der Waals surface area contributed by atoms with Gasteiger partial charge in [-0.15, -0.1) is 0 Å². The van der Waals surface area contributed by atoms with Crippen molar-refractivity contribution >= 4 is 17.7 Å². The average Bonchev–Trinajstić information content (AvgIpc) is 2.26. The van der Waals surface area contributed by atoms with Crippen LogP contribution in [-0.4, -0.2) is 28.9 Å². The van der Waals surface area contributed by atoms with Gasteiger partial charge in [-0.3, -0.25) is 9.59 Å². The molecule has 0 aliphatic heterocycles. The molecule has 1 aromatic rings. The van der Waals surface area contributed by atoms with Gasteiger partial charge in [0.15, 0.2) is 0 Å². The minimum absolute atomic E-state index is 0.160. The number of carbonyl (C=O) groups is 1. The monoisotopic (exact) mass is 226 g/mol. The van der Waals surface area contributed by atoms with Crippen molar-refractivity contribution < 1.29 is 4.79 Å². The summed E-state index contributed by atoms with van der Waals surface area (Å²) in [7, 11) is 0. The van der Waals surface area contributed by atoms with E-state index in [9.17, 15) is 9.59 Å². The highest BCUT2D eigenvalue weighted by atomic mass is 32.2. The maximum Gasteiger partial charge on any atom is 0.252 e. The van der Waals surface area contributed by atoms with Gasteiger partial charge in [0.1, 0.15) is 0 Å². The number of H-pyrrole nitrogens is 1. The molecule has 1 aromatic heterocycles. The average molecular weight is 226 g/mol. The number of aromatic amines is 1. The molecule has 1 rings (SSSR count). The Labute approximate surface area is 92.5 Å². The number of carbonyl (C=O) groups excluding carboxylic acids is 1. The normalized spacial score (nSPS) is 12.1. The lowest BCUT2D eigenvalue weighted by atomic mass is 10.2.